The number of carbonyl (C=O) groups excluding carboxylic acids is 2. The van der Waals surface area contributed by atoms with Crippen molar-refractivity contribution in [3.8, 4) is 0 Å². The maximum Gasteiger partial charge on any atom is 0.226 e. The zero-order chi connectivity index (χ0) is 13.9. The van der Waals surface area contributed by atoms with E-state index in [2.05, 4.69) is 17.4 Å². The number of Topliss-reactive ketones (excluding diaryl/α,β-unsaturated/α-hetero) is 1. The van der Waals surface area contributed by atoms with Crippen LogP contribution < -0.4 is 5.32 Å². The van der Waals surface area contributed by atoms with Gasteiger partial charge in [-0.2, -0.15) is 48.5 Å². The fourth-order valence-corrected chi connectivity index (χ4v) is 2.43. The zero-order valence-electron chi connectivity index (χ0n) is 12.1. The van der Waals surface area contributed by atoms with Crippen LogP contribution in [0.5, 0.6) is 0 Å². The maximum absolute atomic E-state index is 11.1. The van der Waals surface area contributed by atoms with E-state index in [9.17, 15) is 9.59 Å². The summed E-state index contributed by atoms with van der Waals surface area (Å²) in [5.74, 6) is 0.313. The van der Waals surface area contributed by atoms with Crippen molar-refractivity contribution in [3.63, 3.8) is 0 Å². The molecular weight excluding hydrogens is 464 g/mol. The van der Waals surface area contributed by atoms with Gasteiger partial charge in [0.2, 0.25) is 5.91 Å². The van der Waals surface area contributed by atoms with E-state index in [0.29, 0.717) is 13.0 Å². The summed E-state index contributed by atoms with van der Waals surface area (Å²) in [6.45, 7) is 0.658. The predicted octanol–water partition coefficient (Wildman–Crippen LogP) is 4.25. The van der Waals surface area contributed by atoms with Gasteiger partial charge < -0.3 is 5.32 Å². The van der Waals surface area contributed by atoms with Crippen molar-refractivity contribution >= 4 is 11.7 Å². The molecule has 0 unspecified atom stereocenters. The van der Waals surface area contributed by atoms with E-state index in [1.807, 2.05) is 18.2 Å². The SMILES string of the molecule is C.C.C.O=C1CCc2c[c-]ccc21.O=C1NCc2c[c-]ccc21.[Y].[Y]. The molecular formula is C20H25NO2Y2-2. The third-order valence-electron chi connectivity index (χ3n) is 3.51. The minimum Gasteiger partial charge on any atom is -0.361 e. The molecule has 1 amide bonds. The molecule has 2 radical (unpaired) electrons. The summed E-state index contributed by atoms with van der Waals surface area (Å²) < 4.78 is 0. The van der Waals surface area contributed by atoms with Gasteiger partial charge in [-0.25, -0.2) is 0 Å². The second-order valence-corrected chi connectivity index (χ2v) is 4.77. The molecule has 4 rings (SSSR count). The number of fused-ring (bicyclic) bond motifs is 2. The molecule has 5 heteroatoms. The van der Waals surface area contributed by atoms with Crippen LogP contribution in [-0.4, -0.2) is 11.7 Å². The van der Waals surface area contributed by atoms with Crippen LogP contribution in [0.2, 0.25) is 0 Å². The Kier molecular flexibility index (Phi) is 16.5. The van der Waals surface area contributed by atoms with Gasteiger partial charge in [-0.1, -0.05) is 39.8 Å². The fraction of sp³-hybridized carbons (Fsp3) is 0.300. The fourth-order valence-electron chi connectivity index (χ4n) is 2.43. The summed E-state index contributed by atoms with van der Waals surface area (Å²) in [7, 11) is 0. The number of hydrogen-bond donors (Lipinski definition) is 1. The summed E-state index contributed by atoms with van der Waals surface area (Å²) in [5, 5.41) is 2.73. The van der Waals surface area contributed by atoms with E-state index < -0.39 is 0 Å². The Morgan fingerprint density at radius 3 is 1.92 bits per heavy atom. The molecule has 1 heterocycles. The molecule has 0 atom stereocenters. The number of nitrogens with one attached hydrogen (secondary N) is 1. The molecule has 130 valence electrons. The molecule has 2 aliphatic rings. The first-order chi connectivity index (χ1) is 9.75. The Hall–Kier alpha value is -0.212. The number of hydrogen-bond acceptors (Lipinski definition) is 2. The Morgan fingerprint density at radius 1 is 0.800 bits per heavy atom. The summed E-state index contributed by atoms with van der Waals surface area (Å²) in [6, 6.07) is 16.8. The zero-order valence-corrected chi connectivity index (χ0v) is 17.7. The predicted molar refractivity (Wildman–Crippen MR) is 94.6 cm³/mol. The average Bonchev–Trinajstić information content (AvgIpc) is 3.05. The van der Waals surface area contributed by atoms with E-state index in [1.165, 1.54) is 0 Å². The monoisotopic (exact) mass is 489 g/mol. The van der Waals surface area contributed by atoms with Crippen LogP contribution in [0.3, 0.4) is 0 Å². The summed E-state index contributed by atoms with van der Waals surface area (Å²) >= 11 is 0. The Balaban J connectivity index is -0.000000323. The van der Waals surface area contributed by atoms with Crippen LogP contribution in [0.15, 0.2) is 36.4 Å². The molecule has 0 saturated heterocycles. The molecule has 25 heavy (non-hydrogen) atoms. The minimum absolute atomic E-state index is 0. The molecule has 0 aromatic heterocycles. The van der Waals surface area contributed by atoms with Gasteiger partial charge in [0.1, 0.15) is 5.78 Å². The van der Waals surface area contributed by atoms with Gasteiger partial charge >= 0.3 is 0 Å². The molecule has 0 bridgehead atoms. The number of carbonyl (C=O) groups is 2. The van der Waals surface area contributed by atoms with Crippen LogP contribution in [-0.2, 0) is 78.4 Å². The first-order valence-electron chi connectivity index (χ1n) is 6.55. The van der Waals surface area contributed by atoms with Crippen molar-refractivity contribution in [1.82, 2.24) is 5.32 Å². The van der Waals surface area contributed by atoms with E-state index in [4.69, 9.17) is 0 Å². The van der Waals surface area contributed by atoms with Crippen LogP contribution in [0.1, 0.15) is 60.5 Å². The molecule has 3 nitrogen and oxygen atoms in total. The molecule has 0 fully saturated rings. The van der Waals surface area contributed by atoms with Crippen molar-refractivity contribution in [3.05, 3.63) is 70.8 Å². The first kappa shape index (κ1) is 29.5. The van der Waals surface area contributed by atoms with Gasteiger partial charge in [-0.15, -0.1) is 11.1 Å². The Labute approximate surface area is 202 Å². The minimum atomic E-state index is 0. The van der Waals surface area contributed by atoms with Crippen LogP contribution in [0, 0.1) is 12.1 Å². The van der Waals surface area contributed by atoms with Gasteiger partial charge in [0.15, 0.2) is 0 Å². The van der Waals surface area contributed by atoms with Crippen LogP contribution in [0.4, 0.5) is 0 Å². The van der Waals surface area contributed by atoms with Gasteiger partial charge in [0.25, 0.3) is 0 Å². The van der Waals surface area contributed by atoms with E-state index >= 15 is 0 Å². The second-order valence-electron chi connectivity index (χ2n) is 4.77. The number of benzene rings is 2. The topological polar surface area (TPSA) is 46.2 Å². The van der Waals surface area contributed by atoms with Crippen molar-refractivity contribution in [2.75, 3.05) is 0 Å². The maximum atomic E-state index is 11.1. The van der Waals surface area contributed by atoms with Crippen molar-refractivity contribution in [2.24, 2.45) is 0 Å². The van der Waals surface area contributed by atoms with Crippen molar-refractivity contribution in [2.45, 2.75) is 41.7 Å². The number of amides is 1. The number of ketones is 1. The molecule has 1 aliphatic heterocycles. The number of rotatable bonds is 0. The van der Waals surface area contributed by atoms with Crippen LogP contribution >= 0.6 is 0 Å². The summed E-state index contributed by atoms with van der Waals surface area (Å²) in [5.41, 5.74) is 3.90. The first-order valence-corrected chi connectivity index (χ1v) is 6.55. The Bertz CT molecular complexity index is 627. The van der Waals surface area contributed by atoms with Crippen molar-refractivity contribution < 1.29 is 75.0 Å². The third kappa shape index (κ3) is 7.13. The van der Waals surface area contributed by atoms with E-state index in [-0.39, 0.29) is 99.4 Å². The molecule has 2 aromatic carbocycles. The number of aryl methyl sites for hydroxylation is 1. The van der Waals surface area contributed by atoms with Crippen LogP contribution in [0.25, 0.3) is 0 Å². The average molecular weight is 489 g/mol. The van der Waals surface area contributed by atoms with Gasteiger partial charge in [-0.05, 0) is 6.54 Å². The van der Waals surface area contributed by atoms with E-state index in [1.54, 1.807) is 18.2 Å². The third-order valence-corrected chi connectivity index (χ3v) is 3.51. The van der Waals surface area contributed by atoms with E-state index in [0.717, 1.165) is 28.7 Å². The van der Waals surface area contributed by atoms with Gasteiger partial charge in [0, 0.05) is 71.8 Å². The molecule has 0 saturated carbocycles. The molecule has 1 aliphatic carbocycles. The molecule has 1 N–H and O–H groups in total. The largest absolute Gasteiger partial charge is 0.361 e. The Morgan fingerprint density at radius 2 is 1.36 bits per heavy atom. The normalized spacial score (nSPS) is 12.0. The molecule has 2 aromatic rings. The smallest absolute Gasteiger partial charge is 0.226 e. The summed E-state index contributed by atoms with van der Waals surface area (Å²) in [4.78, 5) is 22.0. The standard InChI is InChI=1S/C9H7O.C8H6NO.3CH4.2Y/c10-9-6-5-7-3-1-2-4-8(7)9;10-8-7-4-2-1-3-6(7)5-9-8;;;;;/h2-4H,5-6H2;2-4H,5H2,(H,9,10);3*1H4;;/q2*-1;;;;;. The van der Waals surface area contributed by atoms with Crippen molar-refractivity contribution in [1.29, 1.82) is 0 Å². The quantitative estimate of drug-likeness (QED) is 0.563. The summed E-state index contributed by atoms with van der Waals surface area (Å²) in [6.07, 6.45) is 1.60. The van der Waals surface area contributed by atoms with Gasteiger partial charge in [-0.3, -0.25) is 9.59 Å². The second kappa shape index (κ2) is 13.9. The molecule has 0 spiro atoms. The van der Waals surface area contributed by atoms with Gasteiger partial charge in [0.05, 0.1) is 0 Å².